The van der Waals surface area contributed by atoms with Crippen LogP contribution in [0.2, 0.25) is 0 Å². The van der Waals surface area contributed by atoms with Gasteiger partial charge < -0.3 is 10.6 Å². The van der Waals surface area contributed by atoms with Crippen molar-refractivity contribution < 1.29 is 17.6 Å². The summed E-state index contributed by atoms with van der Waals surface area (Å²) in [4.78, 5) is 12.2. The highest BCUT2D eigenvalue weighted by atomic mass is 32.2. The van der Waals surface area contributed by atoms with Crippen LogP contribution in [0.25, 0.3) is 0 Å². The largest absolute Gasteiger partial charge is 0.360 e. The molecule has 1 aliphatic heterocycles. The predicted molar refractivity (Wildman–Crippen MR) is 79.2 cm³/mol. The topological polar surface area (TPSA) is 87.3 Å². The minimum atomic E-state index is -3.77. The molecular weight excluding hydrogens is 309 g/mol. The van der Waals surface area contributed by atoms with E-state index in [9.17, 15) is 17.6 Å². The number of amides is 1. The highest BCUT2D eigenvalue weighted by molar-refractivity contribution is 7.89. The van der Waals surface area contributed by atoms with E-state index in [4.69, 9.17) is 0 Å². The van der Waals surface area contributed by atoms with Gasteiger partial charge in [-0.2, -0.15) is 4.72 Å². The summed E-state index contributed by atoms with van der Waals surface area (Å²) < 4.78 is 39.3. The van der Waals surface area contributed by atoms with E-state index in [1.165, 1.54) is 30.3 Å². The number of carbonyl (C=O) groups is 1. The van der Waals surface area contributed by atoms with Crippen molar-refractivity contribution in [3.63, 3.8) is 0 Å². The fourth-order valence-electron chi connectivity index (χ4n) is 2.09. The van der Waals surface area contributed by atoms with Crippen molar-refractivity contribution in [3.05, 3.63) is 54.3 Å². The summed E-state index contributed by atoms with van der Waals surface area (Å²) in [5.74, 6) is -1.02. The van der Waals surface area contributed by atoms with E-state index in [-0.39, 0.29) is 4.90 Å². The van der Waals surface area contributed by atoms with Crippen LogP contribution in [0.3, 0.4) is 0 Å². The molecule has 0 saturated carbocycles. The molecule has 3 N–H and O–H groups in total. The highest BCUT2D eigenvalue weighted by Crippen LogP contribution is 2.25. The maximum absolute atomic E-state index is 12.8. The number of nitrogens with one attached hydrogen (secondary N) is 3. The van der Waals surface area contributed by atoms with E-state index in [1.54, 1.807) is 18.2 Å². The van der Waals surface area contributed by atoms with Crippen LogP contribution in [0.1, 0.15) is 0 Å². The van der Waals surface area contributed by atoms with Gasteiger partial charge in [0.15, 0.2) is 6.17 Å². The first-order valence-corrected chi connectivity index (χ1v) is 7.88. The lowest BCUT2D eigenvalue weighted by molar-refractivity contribution is -0.117. The lowest BCUT2D eigenvalue weighted by Gasteiger charge is -2.27. The molecule has 0 radical (unpaired) electrons. The van der Waals surface area contributed by atoms with Crippen LogP contribution in [0, 0.1) is 5.82 Å². The van der Waals surface area contributed by atoms with Gasteiger partial charge >= 0.3 is 0 Å². The van der Waals surface area contributed by atoms with Crippen molar-refractivity contribution in [1.82, 2.24) is 4.72 Å². The molecule has 1 amide bonds. The van der Waals surface area contributed by atoms with Gasteiger partial charge in [-0.3, -0.25) is 4.79 Å². The van der Waals surface area contributed by atoms with Gasteiger partial charge in [0.05, 0.1) is 5.69 Å². The van der Waals surface area contributed by atoms with Crippen LogP contribution in [0.5, 0.6) is 0 Å². The molecule has 2 aromatic carbocycles. The van der Waals surface area contributed by atoms with Crippen LogP contribution in [0.4, 0.5) is 15.8 Å². The number of anilines is 2. The Morgan fingerprint density at radius 3 is 2.50 bits per heavy atom. The molecule has 0 spiro atoms. The Labute approximate surface area is 126 Å². The summed E-state index contributed by atoms with van der Waals surface area (Å²) in [6.07, 6.45) is -1.15. The number of hydrogen-bond acceptors (Lipinski definition) is 4. The van der Waals surface area contributed by atoms with E-state index < -0.39 is 27.9 Å². The SMILES string of the molecule is O=C(Nc1ccc(F)cc1)[C@@H]1Nc2ccccc2S(=O)(=O)N1. The number of para-hydroxylation sites is 1. The molecule has 0 bridgehead atoms. The molecule has 0 fully saturated rings. The summed E-state index contributed by atoms with van der Waals surface area (Å²) in [5, 5.41) is 5.32. The van der Waals surface area contributed by atoms with Gasteiger partial charge in [-0.15, -0.1) is 0 Å². The van der Waals surface area contributed by atoms with Crippen molar-refractivity contribution in [3.8, 4) is 0 Å². The zero-order valence-electron chi connectivity index (χ0n) is 11.2. The molecule has 0 aliphatic carbocycles. The minimum absolute atomic E-state index is 0.0841. The molecule has 3 rings (SSSR count). The molecule has 114 valence electrons. The Kier molecular flexibility index (Phi) is 3.55. The highest BCUT2D eigenvalue weighted by Gasteiger charge is 2.32. The fraction of sp³-hybridized carbons (Fsp3) is 0.0714. The minimum Gasteiger partial charge on any atom is -0.360 e. The first-order chi connectivity index (χ1) is 10.5. The smallest absolute Gasteiger partial charge is 0.262 e. The average Bonchev–Trinajstić information content (AvgIpc) is 2.49. The summed E-state index contributed by atoms with van der Waals surface area (Å²) in [5.41, 5.74) is 0.715. The Balaban J connectivity index is 1.82. The molecule has 0 saturated heterocycles. The summed E-state index contributed by atoms with van der Waals surface area (Å²) in [6, 6.07) is 11.5. The van der Waals surface area contributed by atoms with Gasteiger partial charge in [0, 0.05) is 5.69 Å². The van der Waals surface area contributed by atoms with Crippen LogP contribution >= 0.6 is 0 Å². The second-order valence-electron chi connectivity index (χ2n) is 4.69. The van der Waals surface area contributed by atoms with Gasteiger partial charge in [0.2, 0.25) is 10.0 Å². The molecule has 2 aromatic rings. The van der Waals surface area contributed by atoms with Gasteiger partial charge in [0.25, 0.3) is 5.91 Å². The molecule has 1 atom stereocenters. The molecule has 1 heterocycles. The van der Waals surface area contributed by atoms with Crippen molar-refractivity contribution in [2.75, 3.05) is 10.6 Å². The summed E-state index contributed by atoms with van der Waals surface area (Å²) in [7, 11) is -3.77. The number of carbonyl (C=O) groups excluding carboxylic acids is 1. The molecule has 22 heavy (non-hydrogen) atoms. The Morgan fingerprint density at radius 2 is 1.77 bits per heavy atom. The summed E-state index contributed by atoms with van der Waals surface area (Å²) >= 11 is 0. The molecule has 8 heteroatoms. The maximum Gasteiger partial charge on any atom is 0.262 e. The van der Waals surface area contributed by atoms with E-state index in [0.717, 1.165) is 0 Å². The van der Waals surface area contributed by atoms with Gasteiger partial charge in [-0.25, -0.2) is 12.8 Å². The maximum atomic E-state index is 12.8. The van der Waals surface area contributed by atoms with Crippen molar-refractivity contribution >= 4 is 27.3 Å². The standard InChI is InChI=1S/C14H12FN3O3S/c15-9-5-7-10(8-6-9)16-14(19)13-17-11-3-1-2-4-12(11)22(20,21)18-13/h1-8,13,17-18H,(H,16,19)/t13-/m1/s1. The van der Waals surface area contributed by atoms with Gasteiger partial charge in [-0.05, 0) is 36.4 Å². The van der Waals surface area contributed by atoms with Gasteiger partial charge in [-0.1, -0.05) is 12.1 Å². The molecule has 0 unspecified atom stereocenters. The van der Waals surface area contributed by atoms with Crippen LogP contribution < -0.4 is 15.4 Å². The van der Waals surface area contributed by atoms with Crippen molar-refractivity contribution in [1.29, 1.82) is 0 Å². The predicted octanol–water partition coefficient (Wildman–Crippen LogP) is 1.49. The second kappa shape index (κ2) is 5.39. The second-order valence-corrected chi connectivity index (χ2v) is 6.37. The Morgan fingerprint density at radius 1 is 1.09 bits per heavy atom. The number of fused-ring (bicyclic) bond motifs is 1. The van der Waals surface area contributed by atoms with Crippen molar-refractivity contribution in [2.24, 2.45) is 0 Å². The fourth-order valence-corrected chi connectivity index (χ4v) is 3.37. The number of rotatable bonds is 2. The Bertz CT molecular complexity index is 821. The number of benzene rings is 2. The number of hydrogen-bond donors (Lipinski definition) is 3. The zero-order chi connectivity index (χ0) is 15.7. The third-order valence-electron chi connectivity index (χ3n) is 3.12. The van der Waals surface area contributed by atoms with E-state index in [1.807, 2.05) is 0 Å². The first kappa shape index (κ1) is 14.5. The monoisotopic (exact) mass is 321 g/mol. The third-order valence-corrected chi connectivity index (χ3v) is 4.60. The van der Waals surface area contributed by atoms with Gasteiger partial charge in [0.1, 0.15) is 10.7 Å². The molecular formula is C14H12FN3O3S. The van der Waals surface area contributed by atoms with E-state index in [2.05, 4.69) is 15.4 Å². The molecule has 1 aliphatic rings. The third kappa shape index (κ3) is 2.78. The first-order valence-electron chi connectivity index (χ1n) is 6.40. The number of sulfonamides is 1. The number of halogens is 1. The van der Waals surface area contributed by atoms with E-state index in [0.29, 0.717) is 11.4 Å². The van der Waals surface area contributed by atoms with Crippen LogP contribution in [-0.4, -0.2) is 20.5 Å². The normalized spacial score (nSPS) is 18.9. The molecule has 6 nitrogen and oxygen atoms in total. The Hall–Kier alpha value is -2.45. The van der Waals surface area contributed by atoms with Crippen molar-refractivity contribution in [2.45, 2.75) is 11.1 Å². The summed E-state index contributed by atoms with van der Waals surface area (Å²) in [6.45, 7) is 0. The van der Waals surface area contributed by atoms with Crippen LogP contribution in [0.15, 0.2) is 53.4 Å². The lowest BCUT2D eigenvalue weighted by Crippen LogP contribution is -2.51. The zero-order valence-corrected chi connectivity index (χ0v) is 12.0. The molecule has 0 aromatic heterocycles. The average molecular weight is 321 g/mol. The lowest BCUT2D eigenvalue weighted by atomic mass is 10.3. The quantitative estimate of drug-likeness (QED) is 0.782. The van der Waals surface area contributed by atoms with E-state index >= 15 is 0 Å². The van der Waals surface area contributed by atoms with Crippen LogP contribution in [-0.2, 0) is 14.8 Å².